The fraction of sp³-hybridized carbons (Fsp3) is 0.750. The second-order valence-corrected chi connectivity index (χ2v) is 5.06. The summed E-state index contributed by atoms with van der Waals surface area (Å²) < 4.78 is 0. The summed E-state index contributed by atoms with van der Waals surface area (Å²) in [5, 5.41) is 0. The molecule has 1 heterocycles. The van der Waals surface area contributed by atoms with Gasteiger partial charge >= 0.3 is 0 Å². The van der Waals surface area contributed by atoms with Crippen molar-refractivity contribution in [2.45, 2.75) is 39.7 Å². The minimum atomic E-state index is -0.214. The van der Waals surface area contributed by atoms with Crippen molar-refractivity contribution in [2.75, 3.05) is 13.1 Å². The van der Waals surface area contributed by atoms with Gasteiger partial charge in [0.1, 0.15) is 0 Å². The van der Waals surface area contributed by atoms with Gasteiger partial charge in [0, 0.05) is 12.0 Å². The van der Waals surface area contributed by atoms with E-state index in [1.54, 1.807) is 0 Å². The highest BCUT2D eigenvalue weighted by Gasteiger charge is 2.35. The molecule has 0 saturated carbocycles. The van der Waals surface area contributed by atoms with Crippen molar-refractivity contribution in [3.8, 4) is 0 Å². The van der Waals surface area contributed by atoms with Crippen LogP contribution in [0.15, 0.2) is 12.7 Å². The summed E-state index contributed by atoms with van der Waals surface area (Å²) in [6, 6.07) is 0.132. The molecule has 1 rings (SSSR count). The molecular formula is C12H21NO. The summed E-state index contributed by atoms with van der Waals surface area (Å²) in [7, 11) is 0. The second-order valence-electron chi connectivity index (χ2n) is 5.06. The number of Topliss-reactive ketones (excluding diaryl/α,β-unsaturated/α-hetero) is 1. The first kappa shape index (κ1) is 11.4. The Morgan fingerprint density at radius 3 is 2.71 bits per heavy atom. The van der Waals surface area contributed by atoms with Crippen LogP contribution in [0.1, 0.15) is 33.6 Å². The number of carbonyl (C=O) groups is 1. The largest absolute Gasteiger partial charge is 0.297 e. The first-order valence-electron chi connectivity index (χ1n) is 5.36. The van der Waals surface area contributed by atoms with Crippen molar-refractivity contribution >= 4 is 5.78 Å². The molecule has 2 nitrogen and oxygen atoms in total. The standard InChI is InChI=1S/C12H21NO/c1-5-8-13-9-6-7-10(13)11(14)12(2,3)4/h5,10H,1,6-9H2,2-4H3/t10-/m0/s1. The van der Waals surface area contributed by atoms with Crippen LogP contribution in [0.25, 0.3) is 0 Å². The smallest absolute Gasteiger partial charge is 0.155 e. The topological polar surface area (TPSA) is 20.3 Å². The number of nitrogens with zero attached hydrogens (tertiary/aromatic N) is 1. The zero-order valence-electron chi connectivity index (χ0n) is 9.55. The zero-order chi connectivity index (χ0) is 10.8. The Kier molecular flexibility index (Phi) is 3.48. The zero-order valence-corrected chi connectivity index (χ0v) is 9.55. The van der Waals surface area contributed by atoms with Gasteiger partial charge in [-0.15, -0.1) is 6.58 Å². The lowest BCUT2D eigenvalue weighted by Crippen LogP contribution is -2.41. The maximum Gasteiger partial charge on any atom is 0.155 e. The monoisotopic (exact) mass is 195 g/mol. The van der Waals surface area contributed by atoms with Gasteiger partial charge in [0.15, 0.2) is 5.78 Å². The minimum Gasteiger partial charge on any atom is -0.297 e. The highest BCUT2D eigenvalue weighted by Crippen LogP contribution is 2.26. The molecule has 14 heavy (non-hydrogen) atoms. The van der Waals surface area contributed by atoms with Crippen molar-refractivity contribution in [1.82, 2.24) is 4.90 Å². The van der Waals surface area contributed by atoms with Crippen LogP contribution in [-0.2, 0) is 4.79 Å². The van der Waals surface area contributed by atoms with Gasteiger partial charge in [0.25, 0.3) is 0 Å². The molecular weight excluding hydrogens is 174 g/mol. The molecule has 2 heteroatoms. The Morgan fingerprint density at radius 1 is 1.57 bits per heavy atom. The number of rotatable bonds is 3. The summed E-state index contributed by atoms with van der Waals surface area (Å²) in [6.07, 6.45) is 4.04. The molecule has 0 aromatic heterocycles. The molecule has 0 aliphatic carbocycles. The summed E-state index contributed by atoms with van der Waals surface area (Å²) in [5.74, 6) is 0.372. The van der Waals surface area contributed by atoms with Crippen LogP contribution >= 0.6 is 0 Å². The third-order valence-corrected chi connectivity index (χ3v) is 2.77. The van der Waals surface area contributed by atoms with Gasteiger partial charge in [-0.05, 0) is 19.4 Å². The van der Waals surface area contributed by atoms with E-state index in [0.717, 1.165) is 25.9 Å². The maximum atomic E-state index is 12.1. The lowest BCUT2D eigenvalue weighted by atomic mass is 9.85. The lowest BCUT2D eigenvalue weighted by Gasteiger charge is -2.28. The van der Waals surface area contributed by atoms with Crippen LogP contribution < -0.4 is 0 Å². The lowest BCUT2D eigenvalue weighted by molar-refractivity contribution is -0.130. The van der Waals surface area contributed by atoms with Crippen molar-refractivity contribution in [3.63, 3.8) is 0 Å². The van der Waals surface area contributed by atoms with Crippen LogP contribution in [0.5, 0.6) is 0 Å². The third kappa shape index (κ3) is 2.44. The molecule has 0 N–H and O–H groups in total. The van der Waals surface area contributed by atoms with E-state index in [-0.39, 0.29) is 11.5 Å². The van der Waals surface area contributed by atoms with E-state index in [0.29, 0.717) is 5.78 Å². The molecule has 0 aromatic carbocycles. The Morgan fingerprint density at radius 2 is 2.21 bits per heavy atom. The average molecular weight is 195 g/mol. The molecule has 0 radical (unpaired) electrons. The summed E-state index contributed by atoms with van der Waals surface area (Å²) in [6.45, 7) is 11.6. The van der Waals surface area contributed by atoms with E-state index in [4.69, 9.17) is 0 Å². The number of hydrogen-bond acceptors (Lipinski definition) is 2. The van der Waals surface area contributed by atoms with Gasteiger partial charge < -0.3 is 0 Å². The van der Waals surface area contributed by atoms with Crippen molar-refractivity contribution in [3.05, 3.63) is 12.7 Å². The molecule has 0 bridgehead atoms. The van der Waals surface area contributed by atoms with Crippen LogP contribution in [0.2, 0.25) is 0 Å². The number of hydrogen-bond donors (Lipinski definition) is 0. The highest BCUT2D eigenvalue weighted by molar-refractivity contribution is 5.88. The maximum absolute atomic E-state index is 12.1. The second kappa shape index (κ2) is 4.26. The molecule has 0 amide bonds. The fourth-order valence-electron chi connectivity index (χ4n) is 2.01. The van der Waals surface area contributed by atoms with Crippen molar-refractivity contribution < 1.29 is 4.79 Å². The van der Waals surface area contributed by atoms with Crippen LogP contribution in [0.4, 0.5) is 0 Å². The molecule has 0 unspecified atom stereocenters. The van der Waals surface area contributed by atoms with E-state index < -0.39 is 0 Å². The van der Waals surface area contributed by atoms with E-state index in [9.17, 15) is 4.79 Å². The van der Waals surface area contributed by atoms with Crippen LogP contribution in [0, 0.1) is 5.41 Å². The molecule has 1 atom stereocenters. The molecule has 80 valence electrons. The average Bonchev–Trinajstić information content (AvgIpc) is 2.50. The van der Waals surface area contributed by atoms with Crippen molar-refractivity contribution in [2.24, 2.45) is 5.41 Å². The van der Waals surface area contributed by atoms with Gasteiger partial charge in [-0.1, -0.05) is 26.8 Å². The molecule has 1 saturated heterocycles. The first-order chi connectivity index (χ1) is 6.46. The summed E-state index contributed by atoms with van der Waals surface area (Å²) >= 11 is 0. The van der Waals surface area contributed by atoms with E-state index in [2.05, 4.69) is 11.5 Å². The first-order valence-corrected chi connectivity index (χ1v) is 5.36. The Balaban J connectivity index is 2.67. The van der Waals surface area contributed by atoms with Crippen LogP contribution in [0.3, 0.4) is 0 Å². The number of ketones is 1. The van der Waals surface area contributed by atoms with Crippen LogP contribution in [-0.4, -0.2) is 29.8 Å². The van der Waals surface area contributed by atoms with Gasteiger partial charge in [-0.25, -0.2) is 0 Å². The minimum absolute atomic E-state index is 0.132. The predicted octanol–water partition coefficient (Wildman–Crippen LogP) is 2.25. The number of likely N-dealkylation sites (tertiary alicyclic amines) is 1. The summed E-state index contributed by atoms with van der Waals surface area (Å²) in [4.78, 5) is 14.3. The van der Waals surface area contributed by atoms with Crippen molar-refractivity contribution in [1.29, 1.82) is 0 Å². The molecule has 0 spiro atoms. The SMILES string of the molecule is C=CCN1CCC[C@H]1C(=O)C(C)(C)C. The van der Waals surface area contributed by atoms with E-state index >= 15 is 0 Å². The van der Waals surface area contributed by atoms with E-state index in [1.807, 2.05) is 26.8 Å². The predicted molar refractivity (Wildman–Crippen MR) is 59.3 cm³/mol. The van der Waals surface area contributed by atoms with Gasteiger partial charge in [0.05, 0.1) is 6.04 Å². The van der Waals surface area contributed by atoms with Gasteiger partial charge in [0.2, 0.25) is 0 Å². The number of carbonyl (C=O) groups excluding carboxylic acids is 1. The van der Waals surface area contributed by atoms with E-state index in [1.165, 1.54) is 0 Å². The van der Waals surface area contributed by atoms with Gasteiger partial charge in [-0.2, -0.15) is 0 Å². The molecule has 1 fully saturated rings. The third-order valence-electron chi connectivity index (χ3n) is 2.77. The fourth-order valence-corrected chi connectivity index (χ4v) is 2.01. The quantitative estimate of drug-likeness (QED) is 0.644. The Bertz CT molecular complexity index is 227. The highest BCUT2D eigenvalue weighted by atomic mass is 16.1. The summed E-state index contributed by atoms with van der Waals surface area (Å²) in [5.41, 5.74) is -0.214. The Labute approximate surface area is 87.0 Å². The molecule has 0 aromatic rings. The normalized spacial score (nSPS) is 23.8. The molecule has 1 aliphatic heterocycles. The van der Waals surface area contributed by atoms with Gasteiger partial charge in [-0.3, -0.25) is 9.69 Å². The molecule has 1 aliphatic rings. The Hall–Kier alpha value is -0.630.